The first-order valence-corrected chi connectivity index (χ1v) is 8.67. The van der Waals surface area contributed by atoms with Crippen LogP contribution >= 0.6 is 11.3 Å². The zero-order valence-corrected chi connectivity index (χ0v) is 14.3. The molecule has 1 atom stereocenters. The van der Waals surface area contributed by atoms with Crippen molar-refractivity contribution in [2.24, 2.45) is 0 Å². The van der Waals surface area contributed by atoms with Crippen LogP contribution in [0.1, 0.15) is 27.0 Å². The average Bonchev–Trinajstić information content (AvgIpc) is 3.41. The summed E-state index contributed by atoms with van der Waals surface area (Å²) in [5, 5.41) is 3.59. The van der Waals surface area contributed by atoms with E-state index in [0.29, 0.717) is 17.1 Å². The van der Waals surface area contributed by atoms with Crippen LogP contribution in [0.25, 0.3) is 5.70 Å². The molecule has 0 saturated heterocycles. The summed E-state index contributed by atoms with van der Waals surface area (Å²) in [6.07, 6.45) is 3.61. The Balaban J connectivity index is 1.68. The summed E-state index contributed by atoms with van der Waals surface area (Å²) >= 11 is 1.62. The van der Waals surface area contributed by atoms with E-state index in [-0.39, 0.29) is 11.9 Å². The third-order valence-corrected chi connectivity index (χ3v) is 4.90. The number of nitrogens with zero attached hydrogens (tertiary/aromatic N) is 1. The van der Waals surface area contributed by atoms with Crippen molar-refractivity contribution in [1.29, 1.82) is 0 Å². The van der Waals surface area contributed by atoms with E-state index in [0.717, 1.165) is 10.6 Å². The number of methoxy groups -OCH3 is 1. The summed E-state index contributed by atoms with van der Waals surface area (Å²) in [5.41, 5.74) is 4.66. The largest absolute Gasteiger partial charge is 0.497 e. The molecule has 1 aromatic carbocycles. The molecule has 126 valence electrons. The Labute approximate surface area is 149 Å². The number of carbonyl (C=O) groups excluding carboxylic acids is 1. The maximum absolute atomic E-state index is 13.1. The fourth-order valence-corrected chi connectivity index (χ4v) is 3.48. The van der Waals surface area contributed by atoms with Gasteiger partial charge >= 0.3 is 0 Å². The number of carbonyl (C=O) groups is 1. The number of amides is 1. The third kappa shape index (κ3) is 2.92. The molecule has 6 heteroatoms. The van der Waals surface area contributed by atoms with Crippen molar-refractivity contribution in [3.63, 3.8) is 0 Å². The summed E-state index contributed by atoms with van der Waals surface area (Å²) in [5.74, 6) is 1.20. The standard InChI is InChI=1S/C19H16N2O3S/c1-23-14-6-2-5-13(11-14)19(22)21-16(17-7-3-9-24-17)12-15(20-21)18-8-4-10-25-18/h2-12,16,20H,1H3/t16-/m1/s1. The number of hydrazine groups is 1. The summed E-state index contributed by atoms with van der Waals surface area (Å²) in [4.78, 5) is 14.1. The Bertz CT molecular complexity index is 901. The number of hydrogen-bond donors (Lipinski definition) is 1. The SMILES string of the molecule is COc1cccc(C(=O)N2NC(c3cccs3)=C[C@@H]2c2ccco2)c1. The molecule has 1 aliphatic rings. The summed E-state index contributed by atoms with van der Waals surface area (Å²) in [6, 6.07) is 14.5. The molecule has 25 heavy (non-hydrogen) atoms. The van der Waals surface area contributed by atoms with Crippen molar-refractivity contribution in [3.05, 3.63) is 82.5 Å². The van der Waals surface area contributed by atoms with Crippen LogP contribution in [-0.4, -0.2) is 18.0 Å². The van der Waals surface area contributed by atoms with Crippen LogP contribution in [0.15, 0.2) is 70.7 Å². The fraction of sp³-hybridized carbons (Fsp3) is 0.105. The van der Waals surface area contributed by atoms with E-state index < -0.39 is 0 Å². The lowest BCUT2D eigenvalue weighted by molar-refractivity contribution is 0.0654. The monoisotopic (exact) mass is 352 g/mol. The molecule has 4 rings (SSSR count). The molecular weight excluding hydrogens is 336 g/mol. The molecule has 1 N–H and O–H groups in total. The van der Waals surface area contributed by atoms with Gasteiger partial charge in [-0.1, -0.05) is 12.1 Å². The van der Waals surface area contributed by atoms with Gasteiger partial charge in [0.05, 0.1) is 23.9 Å². The smallest absolute Gasteiger partial charge is 0.273 e. The van der Waals surface area contributed by atoms with Gasteiger partial charge in [0.25, 0.3) is 5.91 Å². The van der Waals surface area contributed by atoms with E-state index in [4.69, 9.17) is 9.15 Å². The first-order chi connectivity index (χ1) is 12.3. The minimum absolute atomic E-state index is 0.150. The van der Waals surface area contributed by atoms with Crippen LogP contribution in [0.3, 0.4) is 0 Å². The Kier molecular flexibility index (Phi) is 4.03. The molecule has 1 amide bonds. The van der Waals surface area contributed by atoms with Crippen LogP contribution in [0.2, 0.25) is 0 Å². The number of furan rings is 1. The first kappa shape index (κ1) is 15.5. The Morgan fingerprint density at radius 2 is 2.16 bits per heavy atom. The highest BCUT2D eigenvalue weighted by Crippen LogP contribution is 2.34. The quantitative estimate of drug-likeness (QED) is 0.768. The van der Waals surface area contributed by atoms with Gasteiger partial charge in [-0.05, 0) is 47.9 Å². The molecule has 3 aromatic rings. The second-order valence-corrected chi connectivity index (χ2v) is 6.48. The topological polar surface area (TPSA) is 54.7 Å². The minimum atomic E-state index is -0.314. The molecule has 3 heterocycles. The van der Waals surface area contributed by atoms with Crippen molar-refractivity contribution in [2.45, 2.75) is 6.04 Å². The molecule has 5 nitrogen and oxygen atoms in total. The van der Waals surface area contributed by atoms with Crippen molar-refractivity contribution in [1.82, 2.24) is 10.4 Å². The zero-order valence-electron chi connectivity index (χ0n) is 13.5. The van der Waals surface area contributed by atoms with Gasteiger partial charge in [-0.15, -0.1) is 11.3 Å². The molecule has 0 aliphatic carbocycles. The lowest BCUT2D eigenvalue weighted by Crippen LogP contribution is -2.39. The molecule has 0 unspecified atom stereocenters. The summed E-state index contributed by atoms with van der Waals surface area (Å²) < 4.78 is 10.8. The molecule has 0 saturated carbocycles. The molecular formula is C19H16N2O3S. The second-order valence-electron chi connectivity index (χ2n) is 5.54. The lowest BCUT2D eigenvalue weighted by atomic mass is 10.1. The van der Waals surface area contributed by atoms with Gasteiger partial charge in [-0.2, -0.15) is 0 Å². The van der Waals surface area contributed by atoms with Gasteiger partial charge in [0, 0.05) is 5.56 Å². The van der Waals surface area contributed by atoms with Gasteiger partial charge in [-0.3, -0.25) is 10.2 Å². The minimum Gasteiger partial charge on any atom is -0.497 e. The highest BCUT2D eigenvalue weighted by atomic mass is 32.1. The highest BCUT2D eigenvalue weighted by Gasteiger charge is 2.33. The maximum Gasteiger partial charge on any atom is 0.273 e. The van der Waals surface area contributed by atoms with E-state index in [1.807, 2.05) is 41.8 Å². The average molecular weight is 352 g/mol. The third-order valence-electron chi connectivity index (χ3n) is 4.00. The fourth-order valence-electron chi connectivity index (χ4n) is 2.78. The normalized spacial score (nSPS) is 16.4. The Morgan fingerprint density at radius 1 is 1.24 bits per heavy atom. The van der Waals surface area contributed by atoms with Crippen LogP contribution in [0, 0.1) is 0 Å². The number of rotatable bonds is 4. The zero-order chi connectivity index (χ0) is 17.2. The van der Waals surface area contributed by atoms with Crippen LogP contribution < -0.4 is 10.2 Å². The second kappa shape index (κ2) is 6.49. The van der Waals surface area contributed by atoms with Gasteiger partial charge in [0.15, 0.2) is 0 Å². The predicted octanol–water partition coefficient (Wildman–Crippen LogP) is 4.09. The van der Waals surface area contributed by atoms with Crippen molar-refractivity contribution in [3.8, 4) is 5.75 Å². The highest BCUT2D eigenvalue weighted by molar-refractivity contribution is 7.11. The van der Waals surface area contributed by atoms with Crippen LogP contribution in [0.4, 0.5) is 0 Å². The van der Waals surface area contributed by atoms with E-state index >= 15 is 0 Å². The molecule has 0 radical (unpaired) electrons. The van der Waals surface area contributed by atoms with E-state index in [2.05, 4.69) is 5.43 Å². The van der Waals surface area contributed by atoms with E-state index in [1.165, 1.54) is 0 Å². The number of hydrogen-bond acceptors (Lipinski definition) is 5. The van der Waals surface area contributed by atoms with E-state index in [9.17, 15) is 4.79 Å². The molecule has 2 aromatic heterocycles. The van der Waals surface area contributed by atoms with Gasteiger partial charge in [0.1, 0.15) is 17.6 Å². The summed E-state index contributed by atoms with van der Waals surface area (Å²) in [6.45, 7) is 0. The van der Waals surface area contributed by atoms with Crippen molar-refractivity contribution in [2.75, 3.05) is 7.11 Å². The molecule has 1 aliphatic heterocycles. The van der Waals surface area contributed by atoms with Crippen LogP contribution in [0.5, 0.6) is 5.75 Å². The van der Waals surface area contributed by atoms with Gasteiger partial charge in [-0.25, -0.2) is 5.01 Å². The van der Waals surface area contributed by atoms with E-state index in [1.54, 1.807) is 47.9 Å². The van der Waals surface area contributed by atoms with Crippen LogP contribution in [-0.2, 0) is 0 Å². The molecule has 0 bridgehead atoms. The number of benzene rings is 1. The predicted molar refractivity (Wildman–Crippen MR) is 96.0 cm³/mol. The first-order valence-electron chi connectivity index (χ1n) is 7.79. The number of ether oxygens (including phenoxy) is 1. The number of thiophene rings is 1. The van der Waals surface area contributed by atoms with Gasteiger partial charge in [0.2, 0.25) is 0 Å². The van der Waals surface area contributed by atoms with Gasteiger partial charge < -0.3 is 9.15 Å². The maximum atomic E-state index is 13.1. The molecule has 0 spiro atoms. The number of nitrogens with one attached hydrogen (secondary N) is 1. The van der Waals surface area contributed by atoms with Crippen molar-refractivity contribution < 1.29 is 13.9 Å². The lowest BCUT2D eigenvalue weighted by Gasteiger charge is -2.24. The summed E-state index contributed by atoms with van der Waals surface area (Å²) in [7, 11) is 1.58. The molecule has 0 fully saturated rings. The van der Waals surface area contributed by atoms with Crippen molar-refractivity contribution >= 4 is 22.9 Å². The Hall–Kier alpha value is -2.99. The Morgan fingerprint density at radius 3 is 2.88 bits per heavy atom.